The highest BCUT2D eigenvalue weighted by molar-refractivity contribution is 7.89. The third-order valence-corrected chi connectivity index (χ3v) is 6.30. The zero-order valence-electron chi connectivity index (χ0n) is 15.1. The first kappa shape index (κ1) is 19.8. The molecule has 144 valence electrons. The van der Waals surface area contributed by atoms with Crippen LogP contribution in [0.3, 0.4) is 0 Å². The number of halogens is 1. The van der Waals surface area contributed by atoms with Gasteiger partial charge < -0.3 is 10.1 Å². The number of hydrogen-bond donors (Lipinski definition) is 1. The van der Waals surface area contributed by atoms with E-state index in [0.29, 0.717) is 29.4 Å². The molecule has 0 saturated carbocycles. The maximum atomic E-state index is 12.8. The minimum atomic E-state index is -3.63. The summed E-state index contributed by atoms with van der Waals surface area (Å²) in [5, 5.41) is 3.25. The van der Waals surface area contributed by atoms with Gasteiger partial charge in [-0.25, -0.2) is 8.42 Å². The standard InChI is InChI=1S/C19H21ClN2O4S/c1-13-11-22(12-14(2)26-13)27(24,25)18-8-6-15(7-9-18)19(23)21-17-5-3-4-16(20)10-17/h3-10,13-14H,11-12H2,1-2H3,(H,21,23)/t13-,14-/m0/s1. The molecule has 0 radical (unpaired) electrons. The predicted octanol–water partition coefficient (Wildman–Crippen LogP) is 3.39. The smallest absolute Gasteiger partial charge is 0.255 e. The summed E-state index contributed by atoms with van der Waals surface area (Å²) in [6, 6.07) is 12.7. The molecular weight excluding hydrogens is 388 g/mol. The average molecular weight is 409 g/mol. The summed E-state index contributed by atoms with van der Waals surface area (Å²) in [7, 11) is -3.63. The summed E-state index contributed by atoms with van der Waals surface area (Å²) in [5.41, 5.74) is 0.929. The van der Waals surface area contributed by atoms with E-state index in [2.05, 4.69) is 5.32 Å². The van der Waals surface area contributed by atoms with Crippen LogP contribution in [0.4, 0.5) is 5.69 Å². The minimum absolute atomic E-state index is 0.156. The van der Waals surface area contributed by atoms with E-state index in [1.165, 1.54) is 28.6 Å². The number of benzene rings is 2. The number of hydrogen-bond acceptors (Lipinski definition) is 4. The Balaban J connectivity index is 1.75. The highest BCUT2D eigenvalue weighted by Crippen LogP contribution is 2.22. The van der Waals surface area contributed by atoms with Crippen molar-refractivity contribution in [2.24, 2.45) is 0 Å². The van der Waals surface area contributed by atoms with Gasteiger partial charge in [0.15, 0.2) is 0 Å². The third-order valence-electron chi connectivity index (χ3n) is 4.22. The van der Waals surface area contributed by atoms with Crippen molar-refractivity contribution in [1.29, 1.82) is 0 Å². The number of carbonyl (C=O) groups excluding carboxylic acids is 1. The van der Waals surface area contributed by atoms with Gasteiger partial charge in [0.25, 0.3) is 5.91 Å². The van der Waals surface area contributed by atoms with Gasteiger partial charge in [-0.05, 0) is 56.3 Å². The topological polar surface area (TPSA) is 75.7 Å². The fourth-order valence-electron chi connectivity index (χ4n) is 3.02. The van der Waals surface area contributed by atoms with Crippen LogP contribution in [0.25, 0.3) is 0 Å². The maximum Gasteiger partial charge on any atom is 0.255 e. The van der Waals surface area contributed by atoms with Crippen LogP contribution in [0.15, 0.2) is 53.4 Å². The molecule has 1 amide bonds. The van der Waals surface area contributed by atoms with E-state index >= 15 is 0 Å². The lowest BCUT2D eigenvalue weighted by Gasteiger charge is -2.34. The van der Waals surface area contributed by atoms with Gasteiger partial charge in [0.05, 0.1) is 17.1 Å². The molecule has 8 heteroatoms. The lowest BCUT2D eigenvalue weighted by molar-refractivity contribution is -0.0440. The third kappa shape index (κ3) is 4.68. The summed E-state index contributed by atoms with van der Waals surface area (Å²) < 4.78 is 32.7. The number of morpholine rings is 1. The Bertz CT molecular complexity index is 921. The van der Waals surface area contributed by atoms with Crippen molar-refractivity contribution < 1.29 is 17.9 Å². The molecule has 0 aromatic heterocycles. The Labute approximate surface area is 164 Å². The summed E-state index contributed by atoms with van der Waals surface area (Å²) >= 11 is 5.91. The Morgan fingerprint density at radius 1 is 1.11 bits per heavy atom. The monoisotopic (exact) mass is 408 g/mol. The molecule has 2 aromatic carbocycles. The number of amides is 1. The number of carbonyl (C=O) groups is 1. The van der Waals surface area contributed by atoms with E-state index in [1.54, 1.807) is 24.3 Å². The number of nitrogens with one attached hydrogen (secondary N) is 1. The summed E-state index contributed by atoms with van der Waals surface area (Å²) in [6.07, 6.45) is -0.322. The number of rotatable bonds is 4. The molecule has 2 aromatic rings. The molecule has 0 bridgehead atoms. The number of sulfonamides is 1. The van der Waals surface area contributed by atoms with Gasteiger partial charge in [0.2, 0.25) is 10.0 Å². The number of anilines is 1. The first-order valence-electron chi connectivity index (χ1n) is 8.58. The van der Waals surface area contributed by atoms with Crippen molar-refractivity contribution >= 4 is 33.2 Å². The molecule has 27 heavy (non-hydrogen) atoms. The van der Waals surface area contributed by atoms with E-state index in [9.17, 15) is 13.2 Å². The molecule has 1 N–H and O–H groups in total. The van der Waals surface area contributed by atoms with Gasteiger partial charge in [-0.2, -0.15) is 4.31 Å². The van der Waals surface area contributed by atoms with Gasteiger partial charge in [-0.1, -0.05) is 17.7 Å². The maximum absolute atomic E-state index is 12.8. The Hall–Kier alpha value is -1.93. The molecular formula is C19H21ClN2O4S. The van der Waals surface area contributed by atoms with Crippen molar-refractivity contribution in [3.05, 3.63) is 59.1 Å². The second-order valence-electron chi connectivity index (χ2n) is 6.57. The zero-order chi connectivity index (χ0) is 19.6. The highest BCUT2D eigenvalue weighted by atomic mass is 35.5. The molecule has 1 aliphatic rings. The lowest BCUT2D eigenvalue weighted by Crippen LogP contribution is -2.48. The highest BCUT2D eigenvalue weighted by Gasteiger charge is 2.32. The molecule has 2 atom stereocenters. The fourth-order valence-corrected chi connectivity index (χ4v) is 4.80. The van der Waals surface area contributed by atoms with E-state index < -0.39 is 10.0 Å². The molecule has 3 rings (SSSR count). The van der Waals surface area contributed by atoms with Crippen molar-refractivity contribution in [3.8, 4) is 0 Å². The second kappa shape index (κ2) is 7.98. The Kier molecular flexibility index (Phi) is 5.86. The molecule has 1 saturated heterocycles. The Morgan fingerprint density at radius 3 is 2.33 bits per heavy atom. The van der Waals surface area contributed by atoms with Gasteiger partial charge >= 0.3 is 0 Å². The van der Waals surface area contributed by atoms with Gasteiger partial charge in [-0.3, -0.25) is 4.79 Å². The molecule has 1 heterocycles. The van der Waals surface area contributed by atoms with Gasteiger partial charge in [0, 0.05) is 29.4 Å². The Morgan fingerprint density at radius 2 is 1.74 bits per heavy atom. The minimum Gasteiger partial charge on any atom is -0.373 e. The summed E-state index contributed by atoms with van der Waals surface area (Å²) in [6.45, 7) is 4.32. The molecule has 0 unspecified atom stereocenters. The van der Waals surface area contributed by atoms with Crippen LogP contribution < -0.4 is 5.32 Å². The van der Waals surface area contributed by atoms with Crippen LogP contribution in [0.1, 0.15) is 24.2 Å². The van der Waals surface area contributed by atoms with Crippen LogP contribution in [-0.4, -0.2) is 43.9 Å². The first-order chi connectivity index (χ1) is 12.8. The normalized spacial score (nSPS) is 21.0. The van der Waals surface area contributed by atoms with E-state index in [0.717, 1.165) is 0 Å². The second-order valence-corrected chi connectivity index (χ2v) is 8.94. The quantitative estimate of drug-likeness (QED) is 0.841. The van der Waals surface area contributed by atoms with Crippen LogP contribution >= 0.6 is 11.6 Å². The summed E-state index contributed by atoms with van der Waals surface area (Å²) in [5.74, 6) is -0.338. The zero-order valence-corrected chi connectivity index (χ0v) is 16.6. The van der Waals surface area contributed by atoms with Crippen LogP contribution in [0, 0.1) is 0 Å². The van der Waals surface area contributed by atoms with Crippen molar-refractivity contribution in [1.82, 2.24) is 4.31 Å². The first-order valence-corrected chi connectivity index (χ1v) is 10.4. The van der Waals surface area contributed by atoms with Crippen LogP contribution in [0.5, 0.6) is 0 Å². The largest absolute Gasteiger partial charge is 0.373 e. The van der Waals surface area contributed by atoms with Crippen molar-refractivity contribution in [2.45, 2.75) is 31.0 Å². The molecule has 1 aliphatic heterocycles. The molecule has 6 nitrogen and oxygen atoms in total. The molecule has 0 aliphatic carbocycles. The molecule has 0 spiro atoms. The average Bonchev–Trinajstić information content (AvgIpc) is 2.61. The molecule has 1 fully saturated rings. The van der Waals surface area contributed by atoms with E-state index in [-0.39, 0.29) is 23.0 Å². The SMILES string of the molecule is C[C@H]1CN(S(=O)(=O)c2ccc(C(=O)Nc3cccc(Cl)c3)cc2)C[C@H](C)O1. The van der Waals surface area contributed by atoms with Crippen LogP contribution in [-0.2, 0) is 14.8 Å². The van der Waals surface area contributed by atoms with E-state index in [1.807, 2.05) is 13.8 Å². The van der Waals surface area contributed by atoms with Gasteiger partial charge in [-0.15, -0.1) is 0 Å². The van der Waals surface area contributed by atoms with Gasteiger partial charge in [0.1, 0.15) is 0 Å². The number of nitrogens with zero attached hydrogens (tertiary/aromatic N) is 1. The van der Waals surface area contributed by atoms with Crippen LogP contribution in [0.2, 0.25) is 5.02 Å². The fraction of sp³-hybridized carbons (Fsp3) is 0.316. The van der Waals surface area contributed by atoms with Crippen molar-refractivity contribution in [3.63, 3.8) is 0 Å². The predicted molar refractivity (Wildman–Crippen MR) is 105 cm³/mol. The van der Waals surface area contributed by atoms with Crippen molar-refractivity contribution in [2.75, 3.05) is 18.4 Å². The number of ether oxygens (including phenoxy) is 1. The lowest BCUT2D eigenvalue weighted by atomic mass is 10.2. The van der Waals surface area contributed by atoms with E-state index in [4.69, 9.17) is 16.3 Å². The summed E-state index contributed by atoms with van der Waals surface area (Å²) in [4.78, 5) is 12.5.